The third-order valence-corrected chi connectivity index (χ3v) is 5.56. The minimum absolute atomic E-state index is 0. The van der Waals surface area contributed by atoms with Crippen molar-refractivity contribution in [3.8, 4) is 0 Å². The normalized spacial score (nSPS) is 11.5. The summed E-state index contributed by atoms with van der Waals surface area (Å²) < 4.78 is 28.8. The molecule has 0 radical (unpaired) electrons. The molecule has 0 unspecified atom stereocenters. The number of hydrogen-bond acceptors (Lipinski definition) is 5. The van der Waals surface area contributed by atoms with Gasteiger partial charge in [-0.1, -0.05) is 6.08 Å². The van der Waals surface area contributed by atoms with Gasteiger partial charge < -0.3 is 10.2 Å². The monoisotopic (exact) mass is 281 g/mol. The van der Waals surface area contributed by atoms with E-state index in [1.54, 1.807) is 13.8 Å². The molecule has 0 aliphatic rings. The van der Waals surface area contributed by atoms with Crippen LogP contribution in [-0.2, 0) is 19.6 Å². The largest absolute Gasteiger partial charge is 0.870 e. The van der Waals surface area contributed by atoms with E-state index in [9.17, 15) is 13.2 Å². The summed E-state index contributed by atoms with van der Waals surface area (Å²) in [4.78, 5) is 11.1. The maximum Gasteiger partial charge on any atom is 0.311 e. The van der Waals surface area contributed by atoms with Crippen LogP contribution >= 0.6 is 0 Å². The Kier molecular flexibility index (Phi) is 8.88. The number of hydrogen-bond donors (Lipinski definition) is 0. The Labute approximate surface area is 109 Å². The summed E-state index contributed by atoms with van der Waals surface area (Å²) in [5.41, 5.74) is 0. The van der Waals surface area contributed by atoms with Gasteiger partial charge in [0.2, 0.25) is 0 Å². The quantitative estimate of drug-likeness (QED) is 0.372. The van der Waals surface area contributed by atoms with Crippen LogP contribution in [0.5, 0.6) is 0 Å². The van der Waals surface area contributed by atoms with Crippen LogP contribution < -0.4 is 0 Å². The van der Waals surface area contributed by atoms with Gasteiger partial charge in [-0.2, -0.15) is 8.42 Å². The zero-order chi connectivity index (χ0) is 13.5. The van der Waals surface area contributed by atoms with Crippen LogP contribution in [0.3, 0.4) is 0 Å². The molecular formula is C11H23NO5S. The molecule has 0 saturated carbocycles. The molecule has 108 valence electrons. The van der Waals surface area contributed by atoms with Gasteiger partial charge in [0.15, 0.2) is 0 Å². The molecular weight excluding hydrogens is 258 g/mol. The molecule has 7 heteroatoms. The van der Waals surface area contributed by atoms with Crippen molar-refractivity contribution in [2.45, 2.75) is 20.3 Å². The van der Waals surface area contributed by atoms with Gasteiger partial charge in [0.05, 0.1) is 26.6 Å². The smallest absolute Gasteiger partial charge is 0.311 e. The summed E-state index contributed by atoms with van der Waals surface area (Å²) in [6.07, 6.45) is 1.49. The first-order valence-electron chi connectivity index (χ1n) is 5.65. The van der Waals surface area contributed by atoms with Crippen molar-refractivity contribution in [3.05, 3.63) is 12.7 Å². The third kappa shape index (κ3) is 4.40. The fourth-order valence-corrected chi connectivity index (χ4v) is 3.55. The summed E-state index contributed by atoms with van der Waals surface area (Å²) in [6.45, 7) is 8.19. The highest BCUT2D eigenvalue weighted by molar-refractivity contribution is 7.86. The maximum absolute atomic E-state index is 12.2. The topological polar surface area (TPSA) is 90.4 Å². The Morgan fingerprint density at radius 3 is 2.17 bits per heavy atom. The van der Waals surface area contributed by atoms with Gasteiger partial charge in [0.25, 0.3) is 0 Å². The van der Waals surface area contributed by atoms with Crippen molar-refractivity contribution in [2.24, 2.45) is 0 Å². The molecule has 0 heterocycles. The highest BCUT2D eigenvalue weighted by Gasteiger charge is 2.37. The third-order valence-electron chi connectivity index (χ3n) is 3.02. The Hall–Kier alpha value is -0.920. The zero-order valence-electron chi connectivity index (χ0n) is 11.3. The van der Waals surface area contributed by atoms with Crippen LogP contribution in [0.25, 0.3) is 0 Å². The lowest BCUT2D eigenvalue weighted by molar-refractivity contribution is -0.801. The summed E-state index contributed by atoms with van der Waals surface area (Å²) in [5, 5.41) is 0. The Balaban J connectivity index is 0. The van der Waals surface area contributed by atoms with E-state index in [0.717, 1.165) is 0 Å². The predicted molar refractivity (Wildman–Crippen MR) is 68.8 cm³/mol. The SMILES string of the molecule is C=CCS(=O)(=O)[N+](CC)(CC)CCC(=O)OC.[OH-]. The molecule has 1 N–H and O–H groups in total. The van der Waals surface area contributed by atoms with Crippen LogP contribution in [0.4, 0.5) is 0 Å². The number of rotatable bonds is 8. The highest BCUT2D eigenvalue weighted by atomic mass is 32.2. The number of sulfonamides is 1. The molecule has 0 aliphatic carbocycles. The van der Waals surface area contributed by atoms with Crippen LogP contribution in [0, 0.1) is 0 Å². The zero-order valence-corrected chi connectivity index (χ0v) is 12.1. The number of methoxy groups -OCH3 is 1. The van der Waals surface area contributed by atoms with Gasteiger partial charge in [-0.15, -0.1) is 6.58 Å². The van der Waals surface area contributed by atoms with Crippen molar-refractivity contribution in [3.63, 3.8) is 0 Å². The van der Waals surface area contributed by atoms with Crippen LogP contribution in [0.1, 0.15) is 20.3 Å². The molecule has 0 spiro atoms. The van der Waals surface area contributed by atoms with Crippen LogP contribution in [-0.4, -0.2) is 56.2 Å². The van der Waals surface area contributed by atoms with Gasteiger partial charge >= 0.3 is 16.0 Å². The van der Waals surface area contributed by atoms with Crippen LogP contribution in [0.2, 0.25) is 0 Å². The van der Waals surface area contributed by atoms with Gasteiger partial charge in [0, 0.05) is 0 Å². The summed E-state index contributed by atoms with van der Waals surface area (Å²) in [5.74, 6) is -0.459. The lowest BCUT2D eigenvalue weighted by Crippen LogP contribution is -2.54. The Bertz CT molecular complexity index is 360. The maximum atomic E-state index is 12.2. The molecule has 0 aromatic heterocycles. The number of carbonyl (C=O) groups excluding carboxylic acids is 1. The number of quaternary nitrogens is 1. The number of nitrogens with zero attached hydrogens (tertiary/aromatic N) is 1. The van der Waals surface area contributed by atoms with Gasteiger partial charge in [-0.05, 0) is 13.8 Å². The molecule has 0 saturated heterocycles. The molecule has 6 nitrogen and oxygen atoms in total. The molecule has 0 aliphatic heterocycles. The molecule has 0 amide bonds. The average molecular weight is 281 g/mol. The number of ether oxygens (including phenoxy) is 1. The van der Waals surface area contributed by atoms with E-state index in [0.29, 0.717) is 13.1 Å². The first-order valence-corrected chi connectivity index (χ1v) is 7.26. The minimum Gasteiger partial charge on any atom is -0.870 e. The fourth-order valence-electron chi connectivity index (χ4n) is 1.78. The van der Waals surface area contributed by atoms with E-state index < -0.39 is 10.0 Å². The van der Waals surface area contributed by atoms with Crippen molar-refractivity contribution >= 4 is 16.0 Å². The second kappa shape index (κ2) is 8.23. The van der Waals surface area contributed by atoms with Gasteiger partial charge in [-0.25, -0.2) is 3.89 Å². The lowest BCUT2D eigenvalue weighted by Gasteiger charge is -2.34. The summed E-state index contributed by atoms with van der Waals surface area (Å²) in [6, 6.07) is 0. The first kappa shape index (κ1) is 19.4. The molecule has 0 aromatic rings. The second-order valence-electron chi connectivity index (χ2n) is 3.78. The number of esters is 1. The molecule has 0 atom stereocenters. The Morgan fingerprint density at radius 2 is 1.83 bits per heavy atom. The van der Waals surface area contributed by atoms with Crippen molar-refractivity contribution in [2.75, 3.05) is 32.5 Å². The molecule has 0 rings (SSSR count). The van der Waals surface area contributed by atoms with Crippen molar-refractivity contribution in [1.82, 2.24) is 0 Å². The second-order valence-corrected chi connectivity index (χ2v) is 6.05. The number of carbonyl (C=O) groups is 1. The highest BCUT2D eigenvalue weighted by Crippen LogP contribution is 2.17. The molecule has 0 fully saturated rings. The van der Waals surface area contributed by atoms with E-state index in [4.69, 9.17) is 0 Å². The standard InChI is InChI=1S/C11H22NO4S.H2O/c1-5-10-17(14,15)12(6-2,7-3)9-8-11(13)16-4;/h5H,1,6-10H2,2-4H3;1H2/q+1;/p-1. The van der Waals surface area contributed by atoms with E-state index in [1.165, 1.54) is 13.2 Å². The molecule has 0 bridgehead atoms. The van der Waals surface area contributed by atoms with E-state index >= 15 is 0 Å². The summed E-state index contributed by atoms with van der Waals surface area (Å²) >= 11 is 0. The van der Waals surface area contributed by atoms with Crippen molar-refractivity contribution < 1.29 is 27.3 Å². The molecule has 0 aromatic carbocycles. The lowest BCUT2D eigenvalue weighted by atomic mass is 10.4. The van der Waals surface area contributed by atoms with E-state index in [1.807, 2.05) is 0 Å². The van der Waals surface area contributed by atoms with E-state index in [2.05, 4.69) is 11.3 Å². The summed E-state index contributed by atoms with van der Waals surface area (Å²) in [7, 11) is -2.03. The minimum atomic E-state index is -3.33. The van der Waals surface area contributed by atoms with Crippen LogP contribution in [0.15, 0.2) is 12.7 Å². The Morgan fingerprint density at radius 1 is 1.33 bits per heavy atom. The fraction of sp³-hybridized carbons (Fsp3) is 0.727. The van der Waals surface area contributed by atoms with E-state index in [-0.39, 0.29) is 34.1 Å². The van der Waals surface area contributed by atoms with Gasteiger partial charge in [-0.3, -0.25) is 4.79 Å². The van der Waals surface area contributed by atoms with Crippen molar-refractivity contribution in [1.29, 1.82) is 0 Å². The van der Waals surface area contributed by atoms with Gasteiger partial charge in [0.1, 0.15) is 12.3 Å². The molecule has 18 heavy (non-hydrogen) atoms. The predicted octanol–water partition coefficient (Wildman–Crippen LogP) is 0.745. The first-order chi connectivity index (χ1) is 7.89. The average Bonchev–Trinajstić information content (AvgIpc) is 2.30.